The summed E-state index contributed by atoms with van der Waals surface area (Å²) in [6.07, 6.45) is 5.35. The molecule has 4 N–H and O–H groups in total. The van der Waals surface area contributed by atoms with Gasteiger partial charge in [-0.05, 0) is 26.2 Å². The average Bonchev–Trinajstić information content (AvgIpc) is 2.28. The first-order valence-corrected chi connectivity index (χ1v) is 5.43. The number of carbonyl (C=O) groups is 1. The molecular formula is C10H21N3O. The lowest BCUT2D eigenvalue weighted by Crippen LogP contribution is -2.45. The summed E-state index contributed by atoms with van der Waals surface area (Å²) >= 11 is 0. The first-order chi connectivity index (χ1) is 6.61. The lowest BCUT2D eigenvalue weighted by atomic mass is 10.0. The highest BCUT2D eigenvalue weighted by atomic mass is 16.2. The maximum absolute atomic E-state index is 11.2. The Balaban J connectivity index is 2.59. The summed E-state index contributed by atoms with van der Waals surface area (Å²) in [5.74, 6) is 0. The Bertz CT molecular complexity index is 194. The lowest BCUT2D eigenvalue weighted by Gasteiger charge is -2.29. The van der Waals surface area contributed by atoms with E-state index in [-0.39, 0.29) is 18.1 Å². The fourth-order valence-electron chi connectivity index (χ4n) is 2.14. The first-order valence-electron chi connectivity index (χ1n) is 5.43. The molecule has 4 nitrogen and oxygen atoms in total. The minimum absolute atomic E-state index is 0.139. The van der Waals surface area contributed by atoms with E-state index in [1.165, 1.54) is 12.8 Å². The molecule has 1 aliphatic rings. The van der Waals surface area contributed by atoms with Crippen molar-refractivity contribution in [3.8, 4) is 0 Å². The van der Waals surface area contributed by atoms with Crippen molar-refractivity contribution in [2.45, 2.75) is 51.1 Å². The molecule has 1 aliphatic heterocycles. The van der Waals surface area contributed by atoms with Gasteiger partial charge in [-0.15, -0.1) is 0 Å². The van der Waals surface area contributed by atoms with Gasteiger partial charge in [0.25, 0.3) is 0 Å². The Kier molecular flexibility index (Phi) is 4.20. The molecule has 1 rings (SSSR count). The number of amides is 2. The van der Waals surface area contributed by atoms with E-state index in [1.54, 1.807) is 4.90 Å². The molecule has 0 bridgehead atoms. The largest absolute Gasteiger partial charge is 0.351 e. The first kappa shape index (κ1) is 11.3. The summed E-state index contributed by atoms with van der Waals surface area (Å²) in [5, 5.41) is 0. The second kappa shape index (κ2) is 5.20. The maximum atomic E-state index is 11.2. The summed E-state index contributed by atoms with van der Waals surface area (Å²) in [6, 6.07) is 0.104. The number of likely N-dealkylation sites (tertiary alicyclic amines) is 1. The monoisotopic (exact) mass is 199 g/mol. The van der Waals surface area contributed by atoms with Gasteiger partial charge in [0.1, 0.15) is 0 Å². The molecule has 0 aliphatic carbocycles. The summed E-state index contributed by atoms with van der Waals surface area (Å²) < 4.78 is 0. The van der Waals surface area contributed by atoms with Crippen molar-refractivity contribution in [3.63, 3.8) is 0 Å². The third-order valence-electron chi connectivity index (χ3n) is 2.80. The van der Waals surface area contributed by atoms with Crippen molar-refractivity contribution < 1.29 is 4.79 Å². The number of rotatable bonds is 2. The topological polar surface area (TPSA) is 72.3 Å². The van der Waals surface area contributed by atoms with Crippen LogP contribution in [0.5, 0.6) is 0 Å². The van der Waals surface area contributed by atoms with Crippen LogP contribution in [0.2, 0.25) is 0 Å². The van der Waals surface area contributed by atoms with Gasteiger partial charge in [-0.1, -0.05) is 12.8 Å². The standard InChI is InChI=1S/C10H21N3O/c1-8(11)7-9-5-3-2-4-6-13(9)10(12)14/h8-9H,2-7,11H2,1H3,(H2,12,14). The minimum Gasteiger partial charge on any atom is -0.351 e. The molecule has 14 heavy (non-hydrogen) atoms. The highest BCUT2D eigenvalue weighted by Crippen LogP contribution is 2.19. The molecule has 1 heterocycles. The van der Waals surface area contributed by atoms with E-state index < -0.39 is 0 Å². The van der Waals surface area contributed by atoms with Crippen molar-refractivity contribution in [2.75, 3.05) is 6.54 Å². The highest BCUT2D eigenvalue weighted by Gasteiger charge is 2.24. The van der Waals surface area contributed by atoms with Crippen LogP contribution in [-0.4, -0.2) is 29.6 Å². The number of nitrogens with zero attached hydrogens (tertiary/aromatic N) is 1. The molecule has 0 spiro atoms. The highest BCUT2D eigenvalue weighted by molar-refractivity contribution is 5.72. The fourth-order valence-corrected chi connectivity index (χ4v) is 2.14. The second-order valence-corrected chi connectivity index (χ2v) is 4.25. The lowest BCUT2D eigenvalue weighted by molar-refractivity contribution is 0.178. The quantitative estimate of drug-likeness (QED) is 0.697. The van der Waals surface area contributed by atoms with Gasteiger partial charge < -0.3 is 16.4 Å². The number of hydrogen-bond donors (Lipinski definition) is 2. The van der Waals surface area contributed by atoms with Crippen LogP contribution in [0.1, 0.15) is 39.0 Å². The molecule has 0 aromatic heterocycles. The van der Waals surface area contributed by atoms with Crippen molar-refractivity contribution >= 4 is 6.03 Å². The minimum atomic E-state index is -0.294. The Morgan fingerprint density at radius 2 is 2.21 bits per heavy atom. The Morgan fingerprint density at radius 3 is 2.79 bits per heavy atom. The molecule has 0 saturated carbocycles. The van der Waals surface area contributed by atoms with Crippen LogP contribution in [0.4, 0.5) is 4.79 Å². The van der Waals surface area contributed by atoms with Crippen LogP contribution in [0.25, 0.3) is 0 Å². The summed E-state index contributed by atoms with van der Waals surface area (Å²) in [4.78, 5) is 13.0. The van der Waals surface area contributed by atoms with Crippen LogP contribution in [0, 0.1) is 0 Å². The van der Waals surface area contributed by atoms with Crippen LogP contribution in [0.3, 0.4) is 0 Å². The van der Waals surface area contributed by atoms with E-state index in [1.807, 2.05) is 6.92 Å². The molecule has 0 radical (unpaired) electrons. The van der Waals surface area contributed by atoms with Gasteiger partial charge in [-0.25, -0.2) is 4.79 Å². The third-order valence-corrected chi connectivity index (χ3v) is 2.80. The molecule has 82 valence electrons. The van der Waals surface area contributed by atoms with Crippen LogP contribution in [-0.2, 0) is 0 Å². The number of carbonyl (C=O) groups excluding carboxylic acids is 1. The summed E-state index contributed by atoms with van der Waals surface area (Å²) in [5.41, 5.74) is 11.1. The molecule has 1 fully saturated rings. The predicted octanol–water partition coefficient (Wildman–Crippen LogP) is 1.05. The average molecular weight is 199 g/mol. The van der Waals surface area contributed by atoms with Crippen molar-refractivity contribution in [2.24, 2.45) is 11.5 Å². The van der Waals surface area contributed by atoms with Crippen molar-refractivity contribution in [3.05, 3.63) is 0 Å². The zero-order valence-electron chi connectivity index (χ0n) is 8.91. The smallest absolute Gasteiger partial charge is 0.315 e. The Labute approximate surface area is 85.6 Å². The van der Waals surface area contributed by atoms with E-state index >= 15 is 0 Å². The van der Waals surface area contributed by atoms with E-state index in [2.05, 4.69) is 0 Å². The second-order valence-electron chi connectivity index (χ2n) is 4.25. The number of urea groups is 1. The van der Waals surface area contributed by atoms with Gasteiger partial charge in [-0.2, -0.15) is 0 Å². The molecule has 2 unspecified atom stereocenters. The molecule has 2 atom stereocenters. The van der Waals surface area contributed by atoms with Gasteiger partial charge in [0.15, 0.2) is 0 Å². The van der Waals surface area contributed by atoms with Gasteiger partial charge >= 0.3 is 6.03 Å². The Morgan fingerprint density at radius 1 is 1.50 bits per heavy atom. The normalized spacial score (nSPS) is 25.6. The molecule has 1 saturated heterocycles. The van der Waals surface area contributed by atoms with Gasteiger partial charge in [-0.3, -0.25) is 0 Å². The Hall–Kier alpha value is -0.770. The van der Waals surface area contributed by atoms with Crippen molar-refractivity contribution in [1.29, 1.82) is 0 Å². The van der Waals surface area contributed by atoms with Crippen LogP contribution in [0.15, 0.2) is 0 Å². The van der Waals surface area contributed by atoms with Gasteiger partial charge in [0.2, 0.25) is 0 Å². The molecular weight excluding hydrogens is 178 g/mol. The summed E-state index contributed by atoms with van der Waals surface area (Å²) in [7, 11) is 0. The van der Waals surface area contributed by atoms with Gasteiger partial charge in [0, 0.05) is 18.6 Å². The van der Waals surface area contributed by atoms with Crippen LogP contribution < -0.4 is 11.5 Å². The SMILES string of the molecule is CC(N)CC1CCCCCN1C(N)=O. The number of nitrogens with two attached hydrogens (primary N) is 2. The van der Waals surface area contributed by atoms with Crippen LogP contribution >= 0.6 is 0 Å². The molecule has 2 amide bonds. The van der Waals surface area contributed by atoms with E-state index in [0.717, 1.165) is 25.8 Å². The fraction of sp³-hybridized carbons (Fsp3) is 0.900. The molecule has 0 aromatic carbocycles. The zero-order chi connectivity index (χ0) is 10.6. The van der Waals surface area contributed by atoms with E-state index in [4.69, 9.17) is 11.5 Å². The van der Waals surface area contributed by atoms with Gasteiger partial charge in [0.05, 0.1) is 0 Å². The number of primary amides is 1. The summed E-state index contributed by atoms with van der Waals surface area (Å²) in [6.45, 7) is 2.77. The predicted molar refractivity (Wildman–Crippen MR) is 56.8 cm³/mol. The van der Waals surface area contributed by atoms with E-state index in [0.29, 0.717) is 0 Å². The van der Waals surface area contributed by atoms with Crippen molar-refractivity contribution in [1.82, 2.24) is 4.90 Å². The van der Waals surface area contributed by atoms with E-state index in [9.17, 15) is 4.79 Å². The molecule has 4 heteroatoms. The zero-order valence-corrected chi connectivity index (χ0v) is 8.91. The molecule has 0 aromatic rings. The third kappa shape index (κ3) is 3.18. The number of hydrogen-bond acceptors (Lipinski definition) is 2. The maximum Gasteiger partial charge on any atom is 0.315 e.